The summed E-state index contributed by atoms with van der Waals surface area (Å²) in [6.07, 6.45) is 0. The average molecular weight is 312 g/mol. The number of hydrogen-bond acceptors (Lipinski definition) is 6. The number of nitrogens with one attached hydrogen (secondary N) is 1. The van der Waals surface area contributed by atoms with Crippen LogP contribution in [-0.2, 0) is 10.0 Å². The van der Waals surface area contributed by atoms with Crippen molar-refractivity contribution in [2.45, 2.75) is 11.8 Å². The highest BCUT2D eigenvalue weighted by Crippen LogP contribution is 2.24. The lowest BCUT2D eigenvalue weighted by Crippen LogP contribution is -2.18. The van der Waals surface area contributed by atoms with Crippen LogP contribution in [-0.4, -0.2) is 19.3 Å². The van der Waals surface area contributed by atoms with E-state index in [9.17, 15) is 13.2 Å². The maximum absolute atomic E-state index is 12.1. The van der Waals surface area contributed by atoms with Gasteiger partial charge in [-0.05, 0) is 19.1 Å². The van der Waals surface area contributed by atoms with Gasteiger partial charge in [0, 0.05) is 0 Å². The maximum atomic E-state index is 12.1. The molecule has 1 aromatic heterocycles. The molecule has 2 aromatic rings. The summed E-state index contributed by atoms with van der Waals surface area (Å²) < 4.78 is 22.9. The lowest BCUT2D eigenvalue weighted by Gasteiger charge is -2.08. The third-order valence-electron chi connectivity index (χ3n) is 2.46. The van der Waals surface area contributed by atoms with Gasteiger partial charge < -0.3 is 11.1 Å². The van der Waals surface area contributed by atoms with Crippen molar-refractivity contribution in [1.29, 1.82) is 0 Å². The number of sulfonamides is 1. The summed E-state index contributed by atoms with van der Waals surface area (Å²) in [5.41, 5.74) is 6.12. The first-order valence-corrected chi connectivity index (χ1v) is 7.81. The van der Waals surface area contributed by atoms with Crippen molar-refractivity contribution < 1.29 is 13.2 Å². The number of aromatic nitrogens is 1. The number of nitrogens with two attached hydrogens (primary N) is 2. The quantitative estimate of drug-likeness (QED) is 0.776. The monoisotopic (exact) mass is 312 g/mol. The van der Waals surface area contributed by atoms with E-state index in [0.29, 0.717) is 10.6 Å². The Morgan fingerprint density at radius 1 is 1.35 bits per heavy atom. The Hall–Kier alpha value is -1.97. The summed E-state index contributed by atoms with van der Waals surface area (Å²) in [5, 5.41) is 7.87. The Bertz CT molecular complexity index is 768. The Labute approximate surface area is 119 Å². The molecule has 2 rings (SSSR count). The van der Waals surface area contributed by atoms with Gasteiger partial charge in [-0.25, -0.2) is 18.5 Å². The van der Waals surface area contributed by atoms with Gasteiger partial charge in [0.05, 0.1) is 11.4 Å². The van der Waals surface area contributed by atoms with E-state index in [-0.39, 0.29) is 15.7 Å². The predicted octanol–water partition coefficient (Wildman–Crippen LogP) is 0.933. The number of nitrogen functional groups attached to an aromatic ring is 1. The molecule has 0 aliphatic rings. The van der Waals surface area contributed by atoms with Gasteiger partial charge in [-0.3, -0.25) is 4.79 Å². The van der Waals surface area contributed by atoms with E-state index in [1.54, 1.807) is 13.0 Å². The zero-order valence-electron chi connectivity index (χ0n) is 10.5. The van der Waals surface area contributed by atoms with Crippen molar-refractivity contribution in [2.75, 3.05) is 11.1 Å². The topological polar surface area (TPSA) is 128 Å². The molecule has 1 amide bonds. The molecule has 0 fully saturated rings. The summed E-state index contributed by atoms with van der Waals surface area (Å²) in [5.74, 6) is -0.479. The van der Waals surface area contributed by atoms with Crippen molar-refractivity contribution in [3.8, 4) is 0 Å². The molecule has 5 N–H and O–H groups in total. The predicted molar refractivity (Wildman–Crippen MR) is 77.0 cm³/mol. The fourth-order valence-electron chi connectivity index (χ4n) is 1.63. The minimum Gasteiger partial charge on any atom is -0.375 e. The smallest absolute Gasteiger partial charge is 0.267 e. The molecule has 0 aliphatic carbocycles. The zero-order chi connectivity index (χ0) is 14.9. The molecular weight excluding hydrogens is 300 g/mol. The Morgan fingerprint density at radius 2 is 2.00 bits per heavy atom. The van der Waals surface area contributed by atoms with Crippen molar-refractivity contribution in [2.24, 2.45) is 5.14 Å². The lowest BCUT2D eigenvalue weighted by molar-refractivity contribution is 0.102. The van der Waals surface area contributed by atoms with Gasteiger partial charge in [-0.15, -0.1) is 0 Å². The van der Waals surface area contributed by atoms with Crippen molar-refractivity contribution in [1.82, 2.24) is 4.98 Å². The van der Waals surface area contributed by atoms with Crippen LogP contribution in [0.3, 0.4) is 0 Å². The summed E-state index contributed by atoms with van der Waals surface area (Å²) in [6.45, 7) is 1.65. The Kier molecular flexibility index (Phi) is 3.75. The van der Waals surface area contributed by atoms with Crippen LogP contribution >= 0.6 is 11.3 Å². The molecule has 0 atom stereocenters. The molecule has 1 heterocycles. The van der Waals surface area contributed by atoms with Crippen LogP contribution in [0.15, 0.2) is 29.2 Å². The van der Waals surface area contributed by atoms with E-state index >= 15 is 0 Å². The van der Waals surface area contributed by atoms with Gasteiger partial charge in [-0.1, -0.05) is 23.5 Å². The van der Waals surface area contributed by atoms with E-state index in [1.807, 2.05) is 0 Å². The molecular formula is C11H12N4O3S2. The fraction of sp³-hybridized carbons (Fsp3) is 0.0909. The largest absolute Gasteiger partial charge is 0.375 e. The van der Waals surface area contributed by atoms with Crippen molar-refractivity contribution >= 4 is 38.1 Å². The molecule has 0 saturated heterocycles. The lowest BCUT2D eigenvalue weighted by atomic mass is 10.3. The minimum atomic E-state index is -3.92. The third kappa shape index (κ3) is 2.95. The molecule has 9 heteroatoms. The van der Waals surface area contributed by atoms with Gasteiger partial charge >= 0.3 is 0 Å². The number of thiazole rings is 1. The molecule has 7 nitrogen and oxygen atoms in total. The first-order chi connectivity index (χ1) is 9.29. The first kappa shape index (κ1) is 14.4. The number of rotatable bonds is 3. The molecule has 0 aliphatic heterocycles. The number of hydrogen-bond donors (Lipinski definition) is 3. The van der Waals surface area contributed by atoms with Crippen LogP contribution in [0, 0.1) is 6.92 Å². The molecule has 1 aromatic carbocycles. The van der Waals surface area contributed by atoms with Crippen LogP contribution < -0.4 is 16.2 Å². The second-order valence-electron chi connectivity index (χ2n) is 3.96. The highest BCUT2D eigenvalue weighted by Gasteiger charge is 2.18. The van der Waals surface area contributed by atoms with Crippen LogP contribution in [0.4, 0.5) is 10.8 Å². The molecule has 0 bridgehead atoms. The Morgan fingerprint density at radius 3 is 2.55 bits per heavy atom. The summed E-state index contributed by atoms with van der Waals surface area (Å²) in [4.78, 5) is 16.2. The molecule has 0 unspecified atom stereocenters. The van der Waals surface area contributed by atoms with Crippen molar-refractivity contribution in [3.05, 3.63) is 34.8 Å². The number of amides is 1. The maximum Gasteiger partial charge on any atom is 0.267 e. The number of aryl methyl sites for hydroxylation is 1. The number of carbonyl (C=O) groups is 1. The van der Waals surface area contributed by atoms with E-state index < -0.39 is 15.9 Å². The highest BCUT2D eigenvalue weighted by molar-refractivity contribution is 7.89. The first-order valence-electron chi connectivity index (χ1n) is 5.45. The fourth-order valence-corrected chi connectivity index (χ4v) is 3.05. The standard InChI is InChI=1S/C11H12N4O3S2/c1-6-9(19-11(12)14-6)10(16)15-7-4-2-3-5-8(7)20(13,17)18/h2-5H,1H3,(H2,12,14)(H,15,16)(H2,13,17,18). The molecule has 0 radical (unpaired) electrons. The Balaban J connectivity index is 2.36. The van der Waals surface area contributed by atoms with Gasteiger partial charge in [0.15, 0.2) is 5.13 Å². The molecule has 106 valence electrons. The zero-order valence-corrected chi connectivity index (χ0v) is 12.1. The molecule has 20 heavy (non-hydrogen) atoms. The number of anilines is 2. The number of benzene rings is 1. The van der Waals surface area contributed by atoms with Gasteiger partial charge in [0.2, 0.25) is 10.0 Å². The number of nitrogens with zero attached hydrogens (tertiary/aromatic N) is 1. The average Bonchev–Trinajstić information content (AvgIpc) is 2.68. The summed E-state index contributed by atoms with van der Waals surface area (Å²) in [6, 6.07) is 5.89. The summed E-state index contributed by atoms with van der Waals surface area (Å²) in [7, 11) is -3.92. The minimum absolute atomic E-state index is 0.117. The van der Waals surface area contributed by atoms with Gasteiger partial charge in [0.25, 0.3) is 5.91 Å². The molecule has 0 spiro atoms. The van der Waals surface area contributed by atoms with Crippen LogP contribution in [0.1, 0.15) is 15.4 Å². The van der Waals surface area contributed by atoms with Crippen LogP contribution in [0.5, 0.6) is 0 Å². The van der Waals surface area contributed by atoms with E-state index in [0.717, 1.165) is 11.3 Å². The van der Waals surface area contributed by atoms with E-state index in [2.05, 4.69) is 10.3 Å². The number of primary sulfonamides is 1. The second-order valence-corrected chi connectivity index (χ2v) is 6.52. The van der Waals surface area contributed by atoms with Crippen molar-refractivity contribution in [3.63, 3.8) is 0 Å². The SMILES string of the molecule is Cc1nc(N)sc1C(=O)Nc1ccccc1S(N)(=O)=O. The summed E-state index contributed by atoms with van der Waals surface area (Å²) >= 11 is 1.03. The number of para-hydroxylation sites is 1. The van der Waals surface area contributed by atoms with E-state index in [1.165, 1.54) is 18.2 Å². The normalized spacial score (nSPS) is 11.3. The number of carbonyl (C=O) groups excluding carboxylic acids is 1. The van der Waals surface area contributed by atoms with Gasteiger partial charge in [-0.2, -0.15) is 0 Å². The third-order valence-corrected chi connectivity index (χ3v) is 4.42. The van der Waals surface area contributed by atoms with E-state index in [4.69, 9.17) is 10.9 Å². The second kappa shape index (κ2) is 5.19. The van der Waals surface area contributed by atoms with Gasteiger partial charge in [0.1, 0.15) is 9.77 Å². The molecule has 0 saturated carbocycles. The van der Waals surface area contributed by atoms with Crippen LogP contribution in [0.2, 0.25) is 0 Å². The van der Waals surface area contributed by atoms with Crippen LogP contribution in [0.25, 0.3) is 0 Å². The highest BCUT2D eigenvalue weighted by atomic mass is 32.2.